The smallest absolute Gasteiger partial charge is 0.0703 e. The first-order valence-corrected chi connectivity index (χ1v) is 15.6. The van der Waals surface area contributed by atoms with Gasteiger partial charge in [0.05, 0.1) is 45.5 Å². The fraction of sp³-hybridized carbons (Fsp3) is 0. The van der Waals surface area contributed by atoms with E-state index in [1.165, 1.54) is 0 Å². The van der Waals surface area contributed by atoms with Crippen molar-refractivity contribution in [2.24, 2.45) is 0 Å². The number of benzene rings is 7. The lowest BCUT2D eigenvalue weighted by Crippen LogP contribution is -2.24. The fourth-order valence-electron chi connectivity index (χ4n) is 6.91. The molecule has 2 heterocycles. The van der Waals surface area contributed by atoms with E-state index in [1.807, 2.05) is 0 Å². The van der Waals surface area contributed by atoms with Gasteiger partial charge in [0, 0.05) is 22.7 Å². The summed E-state index contributed by atoms with van der Waals surface area (Å²) in [4.78, 5) is 9.47. The molecule has 0 radical (unpaired) electrons. The second kappa shape index (κ2) is 10.7. The van der Waals surface area contributed by atoms with Gasteiger partial charge in [0.15, 0.2) is 0 Å². The van der Waals surface area contributed by atoms with E-state index in [9.17, 15) is 0 Å². The number of anilines is 12. The first-order valence-electron chi connectivity index (χ1n) is 15.6. The molecule has 0 fully saturated rings. The third kappa shape index (κ3) is 4.08. The highest BCUT2D eigenvalue weighted by molar-refractivity contribution is 6.03. The van der Waals surface area contributed by atoms with E-state index < -0.39 is 0 Å². The minimum Gasteiger partial charge on any atom is -0.306 e. The van der Waals surface area contributed by atoms with E-state index in [0.717, 1.165) is 68.2 Å². The quantitative estimate of drug-likeness (QED) is 0.202. The highest BCUT2D eigenvalue weighted by Gasteiger charge is 2.32. The summed E-state index contributed by atoms with van der Waals surface area (Å²) in [5.74, 6) is 0. The summed E-state index contributed by atoms with van der Waals surface area (Å²) in [7, 11) is 0. The van der Waals surface area contributed by atoms with Crippen molar-refractivity contribution in [1.29, 1.82) is 0 Å². The van der Waals surface area contributed by atoms with Crippen molar-refractivity contribution < 1.29 is 0 Å². The second-order valence-electron chi connectivity index (χ2n) is 11.5. The van der Waals surface area contributed by atoms with Crippen LogP contribution >= 0.6 is 0 Å². The topological polar surface area (TPSA) is 13.0 Å². The minimum absolute atomic E-state index is 1.11. The highest BCUT2D eigenvalue weighted by Crippen LogP contribution is 2.56. The van der Waals surface area contributed by atoms with E-state index in [1.54, 1.807) is 0 Å². The van der Waals surface area contributed by atoms with Gasteiger partial charge in [0.25, 0.3) is 0 Å². The van der Waals surface area contributed by atoms with Crippen LogP contribution in [-0.4, -0.2) is 0 Å². The molecule has 7 aromatic carbocycles. The van der Waals surface area contributed by atoms with Crippen LogP contribution < -0.4 is 19.6 Å². The van der Waals surface area contributed by atoms with Crippen LogP contribution in [0.2, 0.25) is 0 Å². The molecule has 0 saturated carbocycles. The maximum Gasteiger partial charge on any atom is 0.0703 e. The molecule has 0 atom stereocenters. The van der Waals surface area contributed by atoms with Gasteiger partial charge in [-0.3, -0.25) is 0 Å². The molecule has 218 valence electrons. The predicted octanol–water partition coefficient (Wildman–Crippen LogP) is 12.2. The second-order valence-corrected chi connectivity index (χ2v) is 11.5. The lowest BCUT2D eigenvalue weighted by Gasteiger charge is -2.41. The Balaban J connectivity index is 1.16. The molecule has 0 spiro atoms. The highest BCUT2D eigenvalue weighted by atomic mass is 15.3. The summed E-state index contributed by atoms with van der Waals surface area (Å²) in [6.07, 6.45) is 0. The van der Waals surface area contributed by atoms with Crippen LogP contribution in [0.4, 0.5) is 68.2 Å². The average molecular weight is 591 g/mol. The van der Waals surface area contributed by atoms with Crippen molar-refractivity contribution >= 4 is 68.2 Å². The first-order chi connectivity index (χ1) is 22.9. The van der Waals surface area contributed by atoms with Gasteiger partial charge in [0.2, 0.25) is 0 Å². The summed E-state index contributed by atoms with van der Waals surface area (Å²) in [6.45, 7) is 0. The number of hydrogen-bond acceptors (Lipinski definition) is 4. The van der Waals surface area contributed by atoms with E-state index in [0.29, 0.717) is 0 Å². The molecule has 7 aromatic rings. The Morgan fingerprint density at radius 1 is 0.174 bits per heavy atom. The Labute approximate surface area is 269 Å². The third-order valence-corrected chi connectivity index (χ3v) is 8.85. The van der Waals surface area contributed by atoms with Gasteiger partial charge in [-0.25, -0.2) is 0 Å². The molecule has 0 aromatic heterocycles. The Morgan fingerprint density at radius 3 is 0.565 bits per heavy atom. The molecule has 46 heavy (non-hydrogen) atoms. The molecule has 0 amide bonds. The Hall–Kier alpha value is -6.26. The van der Waals surface area contributed by atoms with E-state index in [4.69, 9.17) is 0 Å². The first kappa shape index (κ1) is 26.2. The summed E-state index contributed by atoms with van der Waals surface area (Å²) in [6, 6.07) is 64.8. The molecule has 0 aliphatic carbocycles. The van der Waals surface area contributed by atoms with Crippen LogP contribution in [0.3, 0.4) is 0 Å². The van der Waals surface area contributed by atoms with Crippen LogP contribution in [0.25, 0.3) is 0 Å². The van der Waals surface area contributed by atoms with Crippen LogP contribution in [0.15, 0.2) is 182 Å². The van der Waals surface area contributed by atoms with Gasteiger partial charge in [-0.1, -0.05) is 84.9 Å². The molecule has 0 bridgehead atoms. The van der Waals surface area contributed by atoms with Crippen molar-refractivity contribution in [3.63, 3.8) is 0 Å². The van der Waals surface area contributed by atoms with Gasteiger partial charge in [-0.05, 0) is 97.1 Å². The van der Waals surface area contributed by atoms with Crippen LogP contribution in [0.1, 0.15) is 0 Å². The number of hydrogen-bond donors (Lipinski definition) is 0. The summed E-state index contributed by atoms with van der Waals surface area (Å²) < 4.78 is 0. The van der Waals surface area contributed by atoms with Gasteiger partial charge >= 0.3 is 0 Å². The van der Waals surface area contributed by atoms with Gasteiger partial charge in [0.1, 0.15) is 0 Å². The number of nitrogens with zero attached hydrogens (tertiary/aromatic N) is 4. The normalized spacial score (nSPS) is 13.0. The standard InChI is InChI=1S/C42H30N4/c1-3-15-31(16-4-1)43-35-19-7-11-23-39(35)45(40-24-12-8-20-36(40)43)33-27-29-34(30-28-33)46-41-25-13-9-21-37(41)44(32-17-5-2-6-18-32)38-22-10-14-26-42(38)46/h1-30H. The zero-order valence-electron chi connectivity index (χ0n) is 25.1. The van der Waals surface area contributed by atoms with E-state index >= 15 is 0 Å². The molecule has 4 nitrogen and oxygen atoms in total. The van der Waals surface area contributed by atoms with Gasteiger partial charge in [-0.2, -0.15) is 0 Å². The molecule has 9 rings (SSSR count). The predicted molar refractivity (Wildman–Crippen MR) is 192 cm³/mol. The van der Waals surface area contributed by atoms with Crippen molar-refractivity contribution in [2.75, 3.05) is 19.6 Å². The Kier molecular flexibility index (Phi) is 6.10. The monoisotopic (exact) mass is 590 g/mol. The average Bonchev–Trinajstić information content (AvgIpc) is 3.13. The maximum atomic E-state index is 2.38. The molecule has 4 heteroatoms. The van der Waals surface area contributed by atoms with E-state index in [-0.39, 0.29) is 0 Å². The zero-order chi connectivity index (χ0) is 30.5. The SMILES string of the molecule is c1ccc(N2c3ccccc3N(c3ccc(N4c5ccccc5N(c5ccccc5)c5ccccc54)cc3)c3ccccc32)cc1. The van der Waals surface area contributed by atoms with Gasteiger partial charge in [-0.15, -0.1) is 0 Å². The minimum atomic E-state index is 1.11. The van der Waals surface area contributed by atoms with Crippen molar-refractivity contribution in [2.45, 2.75) is 0 Å². The molecule has 2 aliphatic rings. The fourth-order valence-corrected chi connectivity index (χ4v) is 6.91. The number of fused-ring (bicyclic) bond motifs is 4. The molecule has 0 unspecified atom stereocenters. The van der Waals surface area contributed by atoms with Crippen LogP contribution in [0, 0.1) is 0 Å². The third-order valence-electron chi connectivity index (χ3n) is 8.85. The lowest BCUT2D eigenvalue weighted by atomic mass is 10.0. The van der Waals surface area contributed by atoms with E-state index in [2.05, 4.69) is 202 Å². The molecule has 0 saturated heterocycles. The van der Waals surface area contributed by atoms with Crippen molar-refractivity contribution in [3.8, 4) is 0 Å². The largest absolute Gasteiger partial charge is 0.306 e. The number of para-hydroxylation sites is 10. The zero-order valence-corrected chi connectivity index (χ0v) is 25.1. The molecule has 2 aliphatic heterocycles. The number of rotatable bonds is 4. The van der Waals surface area contributed by atoms with Crippen LogP contribution in [0.5, 0.6) is 0 Å². The Bertz CT molecular complexity index is 1920. The van der Waals surface area contributed by atoms with Crippen molar-refractivity contribution in [3.05, 3.63) is 182 Å². The molecular formula is C42H30N4. The maximum absolute atomic E-state index is 2.38. The molecule has 0 N–H and O–H groups in total. The van der Waals surface area contributed by atoms with Crippen LogP contribution in [-0.2, 0) is 0 Å². The summed E-state index contributed by atoms with van der Waals surface area (Å²) >= 11 is 0. The summed E-state index contributed by atoms with van der Waals surface area (Å²) in [5.41, 5.74) is 13.7. The van der Waals surface area contributed by atoms with Gasteiger partial charge < -0.3 is 19.6 Å². The Morgan fingerprint density at radius 2 is 0.348 bits per heavy atom. The lowest BCUT2D eigenvalue weighted by molar-refractivity contribution is 1.16. The molecular weight excluding hydrogens is 560 g/mol. The van der Waals surface area contributed by atoms with Crippen molar-refractivity contribution in [1.82, 2.24) is 0 Å². The summed E-state index contributed by atoms with van der Waals surface area (Å²) in [5, 5.41) is 0.